The van der Waals surface area contributed by atoms with Gasteiger partial charge in [-0.25, -0.2) is 15.0 Å². The second kappa shape index (κ2) is 11.6. The summed E-state index contributed by atoms with van der Waals surface area (Å²) < 4.78 is 20.3. The summed E-state index contributed by atoms with van der Waals surface area (Å²) in [6.07, 6.45) is 1.59. The van der Waals surface area contributed by atoms with Crippen LogP contribution in [0, 0.1) is 0 Å². The van der Waals surface area contributed by atoms with E-state index in [9.17, 15) is 18.8 Å². The Labute approximate surface area is 184 Å². The number of alkyl halides is 1. The minimum absolute atomic E-state index is 0.0143. The first-order chi connectivity index (χ1) is 15.2. The molecule has 0 aliphatic rings. The minimum Gasteiger partial charge on any atom is -0.465 e. The van der Waals surface area contributed by atoms with Crippen molar-refractivity contribution in [3.8, 4) is 0 Å². The van der Waals surface area contributed by atoms with E-state index in [1.807, 2.05) is 0 Å². The zero-order valence-electron chi connectivity index (χ0n) is 17.9. The van der Waals surface area contributed by atoms with E-state index in [1.165, 1.54) is 31.2 Å². The van der Waals surface area contributed by atoms with E-state index < -0.39 is 18.0 Å². The normalized spacial score (nSPS) is 12.2. The number of nitrogens with one attached hydrogen (secondary N) is 3. The summed E-state index contributed by atoms with van der Waals surface area (Å²) in [5.74, 6) is 4.39. The summed E-state index contributed by atoms with van der Waals surface area (Å²) in [6, 6.07) is 6.72. The van der Waals surface area contributed by atoms with Gasteiger partial charge in [-0.15, -0.1) is 0 Å². The van der Waals surface area contributed by atoms with Crippen molar-refractivity contribution in [3.05, 3.63) is 59.2 Å². The van der Waals surface area contributed by atoms with Crippen LogP contribution < -0.4 is 22.2 Å². The van der Waals surface area contributed by atoms with Crippen LogP contribution in [0.1, 0.15) is 32.8 Å². The molecule has 11 nitrogen and oxygen atoms in total. The van der Waals surface area contributed by atoms with Crippen molar-refractivity contribution in [2.45, 2.75) is 25.7 Å². The molecule has 174 valence electrons. The molecule has 2 rings (SSSR count). The van der Waals surface area contributed by atoms with Gasteiger partial charge in [-0.3, -0.25) is 19.4 Å². The summed E-state index contributed by atoms with van der Waals surface area (Å²) in [5.41, 5.74) is 6.87. The molecule has 1 heterocycles. The summed E-state index contributed by atoms with van der Waals surface area (Å²) in [7, 11) is 2.73. The van der Waals surface area contributed by atoms with Crippen LogP contribution in [0.4, 0.5) is 4.39 Å². The molecule has 0 aliphatic carbocycles. The van der Waals surface area contributed by atoms with Gasteiger partial charge in [0, 0.05) is 26.3 Å². The number of hydrogen-bond donors (Lipinski definition) is 5. The molecule has 7 N–H and O–H groups in total. The van der Waals surface area contributed by atoms with Crippen molar-refractivity contribution in [1.82, 2.24) is 25.4 Å². The fourth-order valence-electron chi connectivity index (χ4n) is 2.76. The first-order valence-electron chi connectivity index (χ1n) is 9.78. The highest BCUT2D eigenvalue weighted by Crippen LogP contribution is 2.09. The van der Waals surface area contributed by atoms with Crippen LogP contribution in [-0.4, -0.2) is 59.4 Å². The van der Waals surface area contributed by atoms with Crippen LogP contribution in [0.15, 0.2) is 42.4 Å². The number of carbonyl (C=O) groups excluding carboxylic acids is 3. The number of H-pyrrole nitrogens is 1. The van der Waals surface area contributed by atoms with Gasteiger partial charge in [0.25, 0.3) is 11.8 Å². The molecule has 1 unspecified atom stereocenters. The highest BCUT2D eigenvalue weighted by Gasteiger charge is 2.15. The molecule has 2 amide bonds. The Balaban J connectivity index is 1.76. The van der Waals surface area contributed by atoms with Crippen LogP contribution in [0.3, 0.4) is 0 Å². The van der Waals surface area contributed by atoms with Gasteiger partial charge in [0.1, 0.15) is 17.6 Å². The number of likely N-dealkylation sites (N-methyl/N-ethyl adjacent to an activating group) is 1. The third-order valence-electron chi connectivity index (χ3n) is 4.48. The van der Waals surface area contributed by atoms with Crippen molar-refractivity contribution in [3.63, 3.8) is 0 Å². The van der Waals surface area contributed by atoms with Crippen LogP contribution in [0.5, 0.6) is 0 Å². The van der Waals surface area contributed by atoms with Gasteiger partial charge >= 0.3 is 5.97 Å². The number of aromatic nitrogens is 2. The summed E-state index contributed by atoms with van der Waals surface area (Å²) in [5, 5.41) is 8.98. The average molecular weight is 449 g/mol. The molecule has 0 aliphatic heterocycles. The van der Waals surface area contributed by atoms with Crippen molar-refractivity contribution in [1.29, 1.82) is 0 Å². The van der Waals surface area contributed by atoms with Crippen molar-refractivity contribution in [2.75, 3.05) is 20.7 Å². The topological polar surface area (TPSA) is 160 Å². The lowest BCUT2D eigenvalue weighted by molar-refractivity contribution is -0.117. The van der Waals surface area contributed by atoms with E-state index in [0.29, 0.717) is 11.3 Å². The van der Waals surface area contributed by atoms with E-state index in [-0.39, 0.29) is 37.7 Å². The molecule has 32 heavy (non-hydrogen) atoms. The number of halogens is 1. The maximum atomic E-state index is 14.2. The van der Waals surface area contributed by atoms with Gasteiger partial charge in [0.2, 0.25) is 0 Å². The number of esters is 1. The van der Waals surface area contributed by atoms with E-state index in [1.54, 1.807) is 24.3 Å². The number of methoxy groups -OCH3 is 1. The van der Waals surface area contributed by atoms with Gasteiger partial charge in [0.15, 0.2) is 0 Å². The number of amides is 2. The quantitative estimate of drug-likeness (QED) is 0.139. The maximum absolute atomic E-state index is 14.2. The molecule has 0 fully saturated rings. The van der Waals surface area contributed by atoms with E-state index in [0.717, 1.165) is 10.6 Å². The standard InChI is InChI=1S/C20H28FN7O4/c1-24-18(29)16(22)11-27(23)7-6-15(21)10-28-12-17(26-28)19(30)25-9-13-4-3-5-14(8-13)20(31)32-2/h3-5,8,11-12,15,26H,6-7,9-10,22-23H2,1-2H3,(H,24,29)(H,25,30)/b16-11-. The fourth-order valence-corrected chi connectivity index (χ4v) is 2.76. The second-order valence-electron chi connectivity index (χ2n) is 6.97. The summed E-state index contributed by atoms with van der Waals surface area (Å²) >= 11 is 0. The number of hydrazine groups is 1. The molecule has 2 aromatic rings. The smallest absolute Gasteiger partial charge is 0.337 e. The van der Waals surface area contributed by atoms with Crippen LogP contribution in [0.25, 0.3) is 0 Å². The Kier molecular flexibility index (Phi) is 8.83. The van der Waals surface area contributed by atoms with Gasteiger partial charge in [-0.05, 0) is 24.1 Å². The molecule has 12 heteroatoms. The fraction of sp³-hybridized carbons (Fsp3) is 0.350. The Hall–Kier alpha value is -3.80. The average Bonchev–Trinajstić information content (AvgIpc) is 2.77. The molecule has 0 spiro atoms. The van der Waals surface area contributed by atoms with Gasteiger partial charge < -0.3 is 26.1 Å². The maximum Gasteiger partial charge on any atom is 0.337 e. The predicted octanol–water partition coefficient (Wildman–Crippen LogP) is -0.0172. The molecule has 0 radical (unpaired) electrons. The monoisotopic (exact) mass is 449 g/mol. The molecule has 0 saturated carbocycles. The van der Waals surface area contributed by atoms with Crippen LogP contribution in [-0.2, 0) is 22.6 Å². The zero-order chi connectivity index (χ0) is 23.7. The highest BCUT2D eigenvalue weighted by atomic mass is 19.1. The van der Waals surface area contributed by atoms with E-state index in [2.05, 4.69) is 20.5 Å². The Morgan fingerprint density at radius 3 is 2.75 bits per heavy atom. The van der Waals surface area contributed by atoms with Gasteiger partial charge in [0.05, 0.1) is 25.4 Å². The van der Waals surface area contributed by atoms with Crippen LogP contribution >= 0.6 is 0 Å². The SMILES string of the molecule is CNC(=O)/C(N)=C/N(N)CCC(F)Cn1cc(C(=O)NCc2cccc(C(=O)OC)c2)[nH]1. The molecule has 1 atom stereocenters. The summed E-state index contributed by atoms with van der Waals surface area (Å²) in [6.45, 7) is 0.377. The number of nitrogens with two attached hydrogens (primary N) is 2. The molecular weight excluding hydrogens is 421 g/mol. The zero-order valence-corrected chi connectivity index (χ0v) is 17.9. The third kappa shape index (κ3) is 7.16. The number of rotatable bonds is 11. The van der Waals surface area contributed by atoms with Gasteiger partial charge in [-0.1, -0.05) is 12.1 Å². The third-order valence-corrected chi connectivity index (χ3v) is 4.48. The predicted molar refractivity (Wildman–Crippen MR) is 114 cm³/mol. The molecule has 0 saturated heterocycles. The largest absolute Gasteiger partial charge is 0.465 e. The lowest BCUT2D eigenvalue weighted by Gasteiger charge is -2.19. The number of hydrogen-bond acceptors (Lipinski definition) is 7. The van der Waals surface area contributed by atoms with E-state index in [4.69, 9.17) is 11.6 Å². The first kappa shape index (κ1) is 24.5. The molecule has 0 bridgehead atoms. The lowest BCUT2D eigenvalue weighted by Crippen LogP contribution is -2.34. The summed E-state index contributed by atoms with van der Waals surface area (Å²) in [4.78, 5) is 35.0. The Morgan fingerprint density at radius 1 is 1.38 bits per heavy atom. The number of benzene rings is 1. The molecule has 1 aromatic heterocycles. The van der Waals surface area contributed by atoms with Gasteiger partial charge in [-0.2, -0.15) is 0 Å². The Bertz CT molecular complexity index is 957. The highest BCUT2D eigenvalue weighted by molar-refractivity contribution is 5.92. The second-order valence-corrected chi connectivity index (χ2v) is 6.97. The lowest BCUT2D eigenvalue weighted by atomic mass is 10.1. The van der Waals surface area contributed by atoms with E-state index >= 15 is 0 Å². The van der Waals surface area contributed by atoms with Crippen LogP contribution in [0.2, 0.25) is 0 Å². The Morgan fingerprint density at radius 2 is 2.09 bits per heavy atom. The number of nitrogens with zero attached hydrogens (tertiary/aromatic N) is 2. The van der Waals surface area contributed by atoms with Crippen molar-refractivity contribution < 1.29 is 23.5 Å². The minimum atomic E-state index is -1.23. The van der Waals surface area contributed by atoms with Crippen molar-refractivity contribution in [2.24, 2.45) is 11.6 Å². The number of carbonyl (C=O) groups is 3. The molecular formula is C20H28FN7O4. The first-order valence-corrected chi connectivity index (χ1v) is 9.78. The number of ether oxygens (including phenoxy) is 1. The molecule has 1 aromatic carbocycles. The number of aromatic amines is 1. The van der Waals surface area contributed by atoms with Crippen molar-refractivity contribution >= 4 is 17.8 Å².